The summed E-state index contributed by atoms with van der Waals surface area (Å²) in [7, 11) is -3.90. The number of aryl methyl sites for hydroxylation is 1. The van der Waals surface area contributed by atoms with Gasteiger partial charge >= 0.3 is 0 Å². The van der Waals surface area contributed by atoms with E-state index >= 15 is 0 Å². The van der Waals surface area contributed by atoms with Crippen molar-refractivity contribution in [1.82, 2.24) is 4.98 Å². The second kappa shape index (κ2) is 8.18. The van der Waals surface area contributed by atoms with Crippen LogP contribution in [0.3, 0.4) is 0 Å². The monoisotopic (exact) mass is 432 g/mol. The van der Waals surface area contributed by atoms with Crippen LogP contribution in [0.5, 0.6) is 0 Å². The summed E-state index contributed by atoms with van der Waals surface area (Å²) in [6, 6.07) is 13.6. The van der Waals surface area contributed by atoms with Crippen molar-refractivity contribution >= 4 is 27.3 Å². The van der Waals surface area contributed by atoms with Crippen LogP contribution < -0.4 is 5.32 Å². The second-order valence-corrected chi connectivity index (χ2v) is 9.30. The number of nitrogens with zero attached hydrogens (tertiary/aromatic N) is 1. The van der Waals surface area contributed by atoms with Crippen molar-refractivity contribution in [2.24, 2.45) is 0 Å². The van der Waals surface area contributed by atoms with E-state index in [2.05, 4.69) is 10.3 Å². The van der Waals surface area contributed by atoms with Crippen molar-refractivity contribution in [3.05, 3.63) is 59.1 Å². The molecule has 8 heteroatoms. The molecule has 1 aliphatic rings. The molecule has 0 bridgehead atoms. The average molecular weight is 433 g/mol. The first-order chi connectivity index (χ1) is 13.9. The highest BCUT2D eigenvalue weighted by Gasteiger charge is 2.29. The molecule has 1 aromatic heterocycles. The molecule has 4 rings (SSSR count). The van der Waals surface area contributed by atoms with Crippen LogP contribution in [0.4, 0.5) is 5.88 Å². The van der Waals surface area contributed by atoms with Gasteiger partial charge in [0.25, 0.3) is 0 Å². The largest absolute Gasteiger partial charge is 0.419 e. The van der Waals surface area contributed by atoms with Gasteiger partial charge in [-0.3, -0.25) is 0 Å². The first-order valence-electron chi connectivity index (χ1n) is 9.37. The number of rotatable bonds is 6. The fourth-order valence-electron chi connectivity index (χ4n) is 3.24. The van der Waals surface area contributed by atoms with Gasteiger partial charge in [-0.25, -0.2) is 8.42 Å². The first kappa shape index (κ1) is 19.9. The van der Waals surface area contributed by atoms with Crippen LogP contribution >= 0.6 is 11.6 Å². The SMILES string of the molecule is Cc1cccc(-c2nc(S(=O)(=O)c3ccc(Cl)cc3)c(NCC3CCCO3)o2)c1. The van der Waals surface area contributed by atoms with E-state index in [0.717, 1.165) is 18.4 Å². The van der Waals surface area contributed by atoms with Crippen LogP contribution in [0.2, 0.25) is 5.02 Å². The van der Waals surface area contributed by atoms with E-state index in [1.54, 1.807) is 0 Å². The Hall–Kier alpha value is -2.35. The van der Waals surface area contributed by atoms with Gasteiger partial charge in [-0.15, -0.1) is 0 Å². The number of nitrogens with one attached hydrogen (secondary N) is 1. The molecule has 0 aliphatic carbocycles. The van der Waals surface area contributed by atoms with E-state index in [-0.39, 0.29) is 27.8 Å². The van der Waals surface area contributed by atoms with Crippen LogP contribution in [0.25, 0.3) is 11.5 Å². The van der Waals surface area contributed by atoms with Crippen molar-refractivity contribution in [3.8, 4) is 11.5 Å². The molecule has 1 atom stereocenters. The van der Waals surface area contributed by atoms with Gasteiger partial charge in [0, 0.05) is 23.7 Å². The van der Waals surface area contributed by atoms with Gasteiger partial charge in [0.15, 0.2) is 0 Å². The molecule has 152 valence electrons. The Bertz CT molecular complexity index is 1100. The second-order valence-electron chi connectivity index (χ2n) is 7.00. The fraction of sp³-hybridized carbons (Fsp3) is 0.286. The fourth-order valence-corrected chi connectivity index (χ4v) is 4.64. The molecule has 0 amide bonds. The lowest BCUT2D eigenvalue weighted by Gasteiger charge is -2.10. The highest BCUT2D eigenvalue weighted by Crippen LogP contribution is 2.33. The number of halogens is 1. The topological polar surface area (TPSA) is 81.4 Å². The van der Waals surface area contributed by atoms with Crippen molar-refractivity contribution < 1.29 is 17.6 Å². The minimum Gasteiger partial charge on any atom is -0.419 e. The summed E-state index contributed by atoms with van der Waals surface area (Å²) in [6.07, 6.45) is 1.94. The quantitative estimate of drug-likeness (QED) is 0.606. The van der Waals surface area contributed by atoms with Gasteiger partial charge in [0.1, 0.15) is 0 Å². The number of sulfone groups is 1. The first-order valence-corrected chi connectivity index (χ1v) is 11.2. The maximum absolute atomic E-state index is 13.2. The number of benzene rings is 2. The molecule has 3 aromatic rings. The highest BCUT2D eigenvalue weighted by atomic mass is 35.5. The molecule has 2 heterocycles. The maximum Gasteiger partial charge on any atom is 0.233 e. The third-order valence-corrected chi connectivity index (χ3v) is 6.68. The normalized spacial score (nSPS) is 16.8. The van der Waals surface area contributed by atoms with Crippen LogP contribution in [0, 0.1) is 6.92 Å². The zero-order valence-corrected chi connectivity index (χ0v) is 17.5. The van der Waals surface area contributed by atoms with Gasteiger partial charge in [-0.05, 0) is 56.2 Å². The van der Waals surface area contributed by atoms with Gasteiger partial charge < -0.3 is 14.5 Å². The Labute approximate surface area is 174 Å². The Morgan fingerprint density at radius 2 is 2.00 bits per heavy atom. The zero-order valence-electron chi connectivity index (χ0n) is 15.9. The maximum atomic E-state index is 13.2. The van der Waals surface area contributed by atoms with Crippen molar-refractivity contribution in [2.45, 2.75) is 35.8 Å². The standard InChI is InChI=1S/C21H21ClN2O4S/c1-14-4-2-5-15(12-14)19-24-21(20(28-19)23-13-17-6-3-11-27-17)29(25,26)18-9-7-16(22)8-10-18/h2,4-5,7-10,12,17,23H,3,6,11,13H2,1H3. The number of hydrogen-bond acceptors (Lipinski definition) is 6. The Kier molecular flexibility index (Phi) is 5.63. The van der Waals surface area contributed by atoms with Crippen LogP contribution in [-0.4, -0.2) is 32.7 Å². The van der Waals surface area contributed by atoms with Crippen molar-refractivity contribution in [1.29, 1.82) is 0 Å². The summed E-state index contributed by atoms with van der Waals surface area (Å²) >= 11 is 5.91. The Morgan fingerprint density at radius 3 is 2.69 bits per heavy atom. The molecule has 2 aromatic carbocycles. The van der Waals surface area contributed by atoms with Crippen molar-refractivity contribution in [3.63, 3.8) is 0 Å². The number of aromatic nitrogens is 1. The zero-order chi connectivity index (χ0) is 20.4. The molecule has 1 N–H and O–H groups in total. The molecule has 1 fully saturated rings. The molecule has 0 spiro atoms. The Morgan fingerprint density at radius 1 is 1.21 bits per heavy atom. The van der Waals surface area contributed by atoms with E-state index in [0.29, 0.717) is 23.7 Å². The van der Waals surface area contributed by atoms with Gasteiger partial charge in [0.2, 0.25) is 26.6 Å². The lowest BCUT2D eigenvalue weighted by atomic mass is 10.1. The van der Waals surface area contributed by atoms with E-state index < -0.39 is 9.84 Å². The van der Waals surface area contributed by atoms with E-state index in [4.69, 9.17) is 20.8 Å². The van der Waals surface area contributed by atoms with Gasteiger partial charge in [-0.1, -0.05) is 29.3 Å². The third-order valence-electron chi connectivity index (χ3n) is 4.75. The summed E-state index contributed by atoms with van der Waals surface area (Å²) in [6.45, 7) is 3.12. The van der Waals surface area contributed by atoms with Gasteiger partial charge in [-0.2, -0.15) is 4.98 Å². The summed E-state index contributed by atoms with van der Waals surface area (Å²) in [5.41, 5.74) is 1.74. The average Bonchev–Trinajstić information content (AvgIpc) is 3.37. The summed E-state index contributed by atoms with van der Waals surface area (Å²) in [5, 5.41) is 3.40. The predicted molar refractivity (Wildman–Crippen MR) is 111 cm³/mol. The molecule has 1 saturated heterocycles. The van der Waals surface area contributed by atoms with Crippen molar-refractivity contribution in [2.75, 3.05) is 18.5 Å². The lowest BCUT2D eigenvalue weighted by Crippen LogP contribution is -2.19. The summed E-state index contributed by atoms with van der Waals surface area (Å²) < 4.78 is 38.0. The molecule has 1 unspecified atom stereocenters. The summed E-state index contributed by atoms with van der Waals surface area (Å²) in [4.78, 5) is 4.45. The van der Waals surface area contributed by atoms with E-state index in [9.17, 15) is 8.42 Å². The smallest absolute Gasteiger partial charge is 0.233 e. The number of anilines is 1. The molecule has 0 radical (unpaired) electrons. The minimum atomic E-state index is -3.90. The third kappa shape index (κ3) is 4.32. The minimum absolute atomic E-state index is 0.0219. The van der Waals surface area contributed by atoms with Crippen LogP contribution in [-0.2, 0) is 14.6 Å². The van der Waals surface area contributed by atoms with Crippen LogP contribution in [0.15, 0.2) is 62.9 Å². The van der Waals surface area contributed by atoms with Gasteiger partial charge in [0.05, 0.1) is 11.0 Å². The lowest BCUT2D eigenvalue weighted by molar-refractivity contribution is 0.120. The predicted octanol–water partition coefficient (Wildman–Crippen LogP) is 4.73. The molecule has 0 saturated carbocycles. The number of oxazole rings is 1. The molecular formula is C21H21ClN2O4S. The molecule has 29 heavy (non-hydrogen) atoms. The molecular weight excluding hydrogens is 412 g/mol. The van der Waals surface area contributed by atoms with Crippen LogP contribution in [0.1, 0.15) is 18.4 Å². The molecule has 1 aliphatic heterocycles. The van der Waals surface area contributed by atoms with E-state index in [1.807, 2.05) is 31.2 Å². The van der Waals surface area contributed by atoms with E-state index in [1.165, 1.54) is 24.3 Å². The summed E-state index contributed by atoms with van der Waals surface area (Å²) in [5.74, 6) is 0.364. The highest BCUT2D eigenvalue weighted by molar-refractivity contribution is 7.91. The number of ether oxygens (including phenoxy) is 1. The Balaban J connectivity index is 1.74. The number of hydrogen-bond donors (Lipinski definition) is 1. The molecule has 6 nitrogen and oxygen atoms in total.